The molecule has 0 bridgehead atoms. The summed E-state index contributed by atoms with van der Waals surface area (Å²) in [5, 5.41) is 14.8. The van der Waals surface area contributed by atoms with Gasteiger partial charge in [0.15, 0.2) is 0 Å². The van der Waals surface area contributed by atoms with Crippen LogP contribution in [0.1, 0.15) is 33.6 Å². The Labute approximate surface area is 143 Å². The topological polar surface area (TPSA) is 60.6 Å². The number of H-pyrrole nitrogens is 2. The molecule has 24 heavy (non-hydrogen) atoms. The van der Waals surface area contributed by atoms with Crippen LogP contribution in [0, 0.1) is 27.7 Å². The largest absolute Gasteiger partial charge is 0.298 e. The van der Waals surface area contributed by atoms with Crippen LogP contribution in [0.2, 0.25) is 0 Å². The van der Waals surface area contributed by atoms with E-state index in [2.05, 4.69) is 71.3 Å². The summed E-state index contributed by atoms with van der Waals surface area (Å²) in [6, 6.07) is 6.54. The van der Waals surface area contributed by atoms with Crippen molar-refractivity contribution < 1.29 is 0 Å². The molecule has 2 N–H and O–H groups in total. The van der Waals surface area contributed by atoms with Gasteiger partial charge in [-0.15, -0.1) is 0 Å². The van der Waals surface area contributed by atoms with Crippen molar-refractivity contribution in [1.82, 2.24) is 25.3 Å². The van der Waals surface area contributed by atoms with Gasteiger partial charge in [-0.1, -0.05) is 12.1 Å². The second kappa shape index (κ2) is 6.61. The molecular weight excluding hydrogens is 298 g/mol. The summed E-state index contributed by atoms with van der Waals surface area (Å²) in [4.78, 5) is 2.29. The Kier molecular flexibility index (Phi) is 4.53. The second-order valence-electron chi connectivity index (χ2n) is 6.65. The lowest BCUT2D eigenvalue weighted by Crippen LogP contribution is -2.18. The fraction of sp³-hybridized carbons (Fsp3) is 0.368. The molecule has 3 aromatic rings. The smallest absolute Gasteiger partial charge is 0.0695 e. The van der Waals surface area contributed by atoms with E-state index >= 15 is 0 Å². The highest BCUT2D eigenvalue weighted by Gasteiger charge is 2.13. The molecular formula is C19H25N5. The number of aromatic nitrogens is 4. The molecule has 3 rings (SSSR count). The fourth-order valence-corrected chi connectivity index (χ4v) is 3.00. The number of hydrogen-bond donors (Lipinski definition) is 2. The summed E-state index contributed by atoms with van der Waals surface area (Å²) in [6.07, 6.45) is 1.93. The summed E-state index contributed by atoms with van der Waals surface area (Å²) in [6.45, 7) is 10.1. The molecule has 0 spiro atoms. The molecule has 0 aliphatic rings. The summed E-state index contributed by atoms with van der Waals surface area (Å²) >= 11 is 0. The number of nitrogens with zero attached hydrogens (tertiary/aromatic N) is 3. The van der Waals surface area contributed by atoms with Crippen molar-refractivity contribution in [3.05, 3.63) is 58.0 Å². The third-order valence-corrected chi connectivity index (χ3v) is 4.66. The van der Waals surface area contributed by atoms with Crippen molar-refractivity contribution in [3.63, 3.8) is 0 Å². The van der Waals surface area contributed by atoms with Gasteiger partial charge in [0.25, 0.3) is 0 Å². The Morgan fingerprint density at radius 1 is 1.00 bits per heavy atom. The molecule has 5 heteroatoms. The summed E-state index contributed by atoms with van der Waals surface area (Å²) in [7, 11) is 2.13. The normalized spacial score (nSPS) is 11.4. The predicted octanol–water partition coefficient (Wildman–Crippen LogP) is 3.67. The molecule has 126 valence electrons. The van der Waals surface area contributed by atoms with E-state index in [1.54, 1.807) is 0 Å². The van der Waals surface area contributed by atoms with E-state index in [9.17, 15) is 0 Å². The van der Waals surface area contributed by atoms with Crippen LogP contribution >= 0.6 is 0 Å². The molecule has 0 aliphatic carbocycles. The van der Waals surface area contributed by atoms with Crippen LogP contribution in [0.25, 0.3) is 11.3 Å². The van der Waals surface area contributed by atoms with Gasteiger partial charge in [0.05, 0.1) is 17.6 Å². The van der Waals surface area contributed by atoms with E-state index in [0.29, 0.717) is 0 Å². The van der Waals surface area contributed by atoms with Gasteiger partial charge in [0, 0.05) is 35.5 Å². The number of benzene rings is 1. The number of rotatable bonds is 5. The zero-order valence-corrected chi connectivity index (χ0v) is 15.1. The van der Waals surface area contributed by atoms with Crippen LogP contribution in [0.15, 0.2) is 24.4 Å². The van der Waals surface area contributed by atoms with E-state index in [1.165, 1.54) is 27.8 Å². The van der Waals surface area contributed by atoms with Crippen LogP contribution in [0.3, 0.4) is 0 Å². The molecule has 0 atom stereocenters. The van der Waals surface area contributed by atoms with Gasteiger partial charge in [-0.2, -0.15) is 10.2 Å². The highest BCUT2D eigenvalue weighted by atomic mass is 15.2. The Hall–Kier alpha value is -2.40. The Balaban J connectivity index is 1.79. The monoisotopic (exact) mass is 323 g/mol. The SMILES string of the molecule is Cc1ccc(-c2[nH]ncc2CN(C)Cc2c(C)n[nH]c2C)cc1C. The van der Waals surface area contributed by atoms with Crippen LogP contribution in [-0.4, -0.2) is 32.3 Å². The lowest BCUT2D eigenvalue weighted by molar-refractivity contribution is 0.318. The molecule has 0 radical (unpaired) electrons. The first kappa shape index (κ1) is 16.5. The maximum atomic E-state index is 4.28. The van der Waals surface area contributed by atoms with Gasteiger partial charge in [-0.3, -0.25) is 15.1 Å². The minimum atomic E-state index is 0.836. The molecule has 0 aliphatic heterocycles. The Morgan fingerprint density at radius 3 is 2.46 bits per heavy atom. The Bertz CT molecular complexity index is 824. The van der Waals surface area contributed by atoms with E-state index in [4.69, 9.17) is 0 Å². The van der Waals surface area contributed by atoms with Crippen molar-refractivity contribution in [2.45, 2.75) is 40.8 Å². The molecule has 0 saturated heterocycles. The average Bonchev–Trinajstić information content (AvgIpc) is 3.12. The average molecular weight is 323 g/mol. The highest BCUT2D eigenvalue weighted by molar-refractivity contribution is 5.64. The third-order valence-electron chi connectivity index (χ3n) is 4.66. The minimum absolute atomic E-state index is 0.836. The van der Waals surface area contributed by atoms with Crippen molar-refractivity contribution in [2.75, 3.05) is 7.05 Å². The van der Waals surface area contributed by atoms with Crippen molar-refractivity contribution in [1.29, 1.82) is 0 Å². The molecule has 1 aromatic carbocycles. The van der Waals surface area contributed by atoms with Gasteiger partial charge in [-0.05, 0) is 51.9 Å². The summed E-state index contributed by atoms with van der Waals surface area (Å²) < 4.78 is 0. The number of aryl methyl sites for hydroxylation is 4. The van der Waals surface area contributed by atoms with E-state index < -0.39 is 0 Å². The molecule has 0 amide bonds. The van der Waals surface area contributed by atoms with E-state index in [-0.39, 0.29) is 0 Å². The first-order valence-corrected chi connectivity index (χ1v) is 8.24. The second-order valence-corrected chi connectivity index (χ2v) is 6.65. The van der Waals surface area contributed by atoms with Crippen molar-refractivity contribution >= 4 is 0 Å². The molecule has 0 saturated carbocycles. The van der Waals surface area contributed by atoms with Crippen LogP contribution in [0.4, 0.5) is 0 Å². The van der Waals surface area contributed by atoms with E-state index in [0.717, 1.165) is 30.2 Å². The lowest BCUT2D eigenvalue weighted by atomic mass is 10.0. The molecule has 0 unspecified atom stereocenters. The van der Waals surface area contributed by atoms with Crippen LogP contribution < -0.4 is 0 Å². The number of nitrogens with one attached hydrogen (secondary N) is 2. The fourth-order valence-electron chi connectivity index (χ4n) is 3.00. The number of hydrogen-bond acceptors (Lipinski definition) is 3. The van der Waals surface area contributed by atoms with Crippen molar-refractivity contribution in [2.24, 2.45) is 0 Å². The Morgan fingerprint density at radius 2 is 1.79 bits per heavy atom. The van der Waals surface area contributed by atoms with Gasteiger partial charge < -0.3 is 0 Å². The maximum absolute atomic E-state index is 4.28. The molecule has 2 heterocycles. The van der Waals surface area contributed by atoms with Gasteiger partial charge in [0.1, 0.15) is 0 Å². The number of aromatic amines is 2. The van der Waals surface area contributed by atoms with Gasteiger partial charge in [0.2, 0.25) is 0 Å². The summed E-state index contributed by atoms with van der Waals surface area (Å²) in [5.74, 6) is 0. The van der Waals surface area contributed by atoms with Gasteiger partial charge in [-0.25, -0.2) is 0 Å². The first-order chi connectivity index (χ1) is 11.5. The first-order valence-electron chi connectivity index (χ1n) is 8.24. The van der Waals surface area contributed by atoms with Crippen LogP contribution in [0.5, 0.6) is 0 Å². The predicted molar refractivity (Wildman–Crippen MR) is 96.7 cm³/mol. The standard InChI is InChI=1S/C19H25N5/c1-12-6-7-16(8-13(12)2)19-17(9-20-23-19)10-24(5)11-18-14(3)21-22-15(18)4/h6-9H,10-11H2,1-5H3,(H,20,23)(H,21,22). The maximum Gasteiger partial charge on any atom is 0.0695 e. The quantitative estimate of drug-likeness (QED) is 0.753. The highest BCUT2D eigenvalue weighted by Crippen LogP contribution is 2.25. The molecule has 2 aromatic heterocycles. The minimum Gasteiger partial charge on any atom is -0.298 e. The molecule has 5 nitrogen and oxygen atoms in total. The zero-order chi connectivity index (χ0) is 17.3. The van der Waals surface area contributed by atoms with E-state index in [1.807, 2.05) is 13.1 Å². The third kappa shape index (κ3) is 3.26. The van der Waals surface area contributed by atoms with Gasteiger partial charge >= 0.3 is 0 Å². The molecule has 0 fully saturated rings. The van der Waals surface area contributed by atoms with Crippen LogP contribution in [-0.2, 0) is 13.1 Å². The van der Waals surface area contributed by atoms with Crippen molar-refractivity contribution in [3.8, 4) is 11.3 Å². The zero-order valence-electron chi connectivity index (χ0n) is 15.1. The lowest BCUT2D eigenvalue weighted by Gasteiger charge is -2.17. The summed E-state index contributed by atoms with van der Waals surface area (Å²) in [5.41, 5.74) is 9.59.